The van der Waals surface area contributed by atoms with E-state index in [0.717, 1.165) is 24.4 Å². The van der Waals surface area contributed by atoms with Gasteiger partial charge in [0, 0.05) is 31.2 Å². The van der Waals surface area contributed by atoms with Crippen molar-refractivity contribution in [1.82, 2.24) is 19.6 Å². The van der Waals surface area contributed by atoms with Gasteiger partial charge in [-0.1, -0.05) is 5.21 Å². The Balaban J connectivity index is 1.71. The van der Waals surface area contributed by atoms with E-state index in [1.165, 1.54) is 22.9 Å². The molecule has 0 spiro atoms. The van der Waals surface area contributed by atoms with Gasteiger partial charge < -0.3 is 14.2 Å². The number of carbonyl (C=O) groups excluding carboxylic acids is 1. The minimum absolute atomic E-state index is 0.0103. The summed E-state index contributed by atoms with van der Waals surface area (Å²) in [5, 5.41) is 7.42. The first-order valence-corrected chi connectivity index (χ1v) is 11.0. The number of carbonyl (C=O) groups is 1. The predicted octanol–water partition coefficient (Wildman–Crippen LogP) is 3.63. The van der Waals surface area contributed by atoms with Crippen molar-refractivity contribution in [3.05, 3.63) is 82.2 Å². The molecule has 0 amide bonds. The van der Waals surface area contributed by atoms with Crippen LogP contribution in [0.3, 0.4) is 0 Å². The smallest absolute Gasteiger partial charge is 0.343 e. The van der Waals surface area contributed by atoms with Crippen LogP contribution in [0, 0.1) is 17.5 Å². The van der Waals surface area contributed by atoms with Crippen molar-refractivity contribution < 1.29 is 22.7 Å². The van der Waals surface area contributed by atoms with Gasteiger partial charge in [-0.2, -0.15) is 0 Å². The summed E-state index contributed by atoms with van der Waals surface area (Å²) in [4.78, 5) is 27.1. The van der Waals surface area contributed by atoms with E-state index >= 15 is 8.78 Å². The van der Waals surface area contributed by atoms with Gasteiger partial charge >= 0.3 is 5.97 Å². The molecule has 3 heterocycles. The molecular weight excluding hydrogens is 463 g/mol. The zero-order chi connectivity index (χ0) is 24.7. The molecule has 35 heavy (non-hydrogen) atoms. The van der Waals surface area contributed by atoms with Crippen LogP contribution in [-0.4, -0.2) is 45.2 Å². The van der Waals surface area contributed by atoms with Crippen LogP contribution in [0.25, 0.3) is 16.6 Å². The summed E-state index contributed by atoms with van der Waals surface area (Å²) < 4.78 is 52.8. The van der Waals surface area contributed by atoms with Crippen molar-refractivity contribution in [1.29, 1.82) is 0 Å². The molecule has 0 bridgehead atoms. The highest BCUT2D eigenvalue weighted by Gasteiger charge is 2.31. The summed E-state index contributed by atoms with van der Waals surface area (Å²) in [5.41, 5.74) is -1.49. The minimum atomic E-state index is -0.962. The molecule has 11 heteroatoms. The summed E-state index contributed by atoms with van der Waals surface area (Å²) in [6.07, 6.45) is 4.95. The second-order valence-electron chi connectivity index (χ2n) is 8.13. The second-order valence-corrected chi connectivity index (χ2v) is 8.13. The first-order chi connectivity index (χ1) is 16.9. The zero-order valence-electron chi connectivity index (χ0n) is 18.6. The third-order valence-electron chi connectivity index (χ3n) is 6.05. The lowest BCUT2D eigenvalue weighted by atomic mass is 10.1. The Hall–Kier alpha value is -4.15. The number of nitrogens with zero attached hydrogens (tertiary/aromatic N) is 5. The molecule has 2 aromatic carbocycles. The Labute approximate surface area is 197 Å². The molecule has 8 nitrogen and oxygen atoms in total. The van der Waals surface area contributed by atoms with Gasteiger partial charge in [-0.3, -0.25) is 4.79 Å². The molecule has 0 aliphatic carbocycles. The average Bonchev–Trinajstić information content (AvgIpc) is 3.53. The first kappa shape index (κ1) is 22.6. The molecule has 1 aliphatic heterocycles. The van der Waals surface area contributed by atoms with Crippen LogP contribution in [0.4, 0.5) is 18.9 Å². The van der Waals surface area contributed by atoms with E-state index in [1.54, 1.807) is 22.7 Å². The van der Waals surface area contributed by atoms with Gasteiger partial charge in [-0.15, -0.1) is 5.10 Å². The summed E-state index contributed by atoms with van der Waals surface area (Å²) in [6, 6.07) is 5.86. The summed E-state index contributed by atoms with van der Waals surface area (Å²) in [7, 11) is 0. The highest BCUT2D eigenvalue weighted by molar-refractivity contribution is 5.95. The number of benzene rings is 2. The number of fused-ring (bicyclic) bond motifs is 1. The number of pyridine rings is 1. The lowest BCUT2D eigenvalue weighted by molar-refractivity contribution is 0.0524. The Morgan fingerprint density at radius 1 is 1.20 bits per heavy atom. The van der Waals surface area contributed by atoms with Crippen LogP contribution >= 0.6 is 0 Å². The van der Waals surface area contributed by atoms with Crippen molar-refractivity contribution in [2.24, 2.45) is 0 Å². The van der Waals surface area contributed by atoms with Gasteiger partial charge in [-0.05, 0) is 43.7 Å². The van der Waals surface area contributed by atoms with Gasteiger partial charge in [0.05, 0.1) is 29.7 Å². The zero-order valence-corrected chi connectivity index (χ0v) is 18.6. The molecular formula is C24H20F3N5O3. The van der Waals surface area contributed by atoms with E-state index in [4.69, 9.17) is 4.74 Å². The topological polar surface area (TPSA) is 82.2 Å². The maximum atomic E-state index is 16.1. The van der Waals surface area contributed by atoms with Gasteiger partial charge in [0.15, 0.2) is 5.82 Å². The fourth-order valence-electron chi connectivity index (χ4n) is 4.43. The highest BCUT2D eigenvalue weighted by atomic mass is 19.1. The Bertz CT molecular complexity index is 1470. The lowest BCUT2D eigenvalue weighted by Gasteiger charge is -2.22. The molecule has 2 aromatic heterocycles. The molecule has 1 unspecified atom stereocenters. The predicted molar refractivity (Wildman–Crippen MR) is 121 cm³/mol. The van der Waals surface area contributed by atoms with Crippen LogP contribution in [-0.2, 0) is 4.74 Å². The Kier molecular flexibility index (Phi) is 5.75. The number of anilines is 1. The van der Waals surface area contributed by atoms with Crippen molar-refractivity contribution in [3.8, 4) is 5.69 Å². The van der Waals surface area contributed by atoms with Gasteiger partial charge in [0.1, 0.15) is 22.9 Å². The molecule has 0 N–H and O–H groups in total. The highest BCUT2D eigenvalue weighted by Crippen LogP contribution is 2.35. The molecule has 4 aromatic rings. The lowest BCUT2D eigenvalue weighted by Crippen LogP contribution is -2.25. The molecule has 5 rings (SSSR count). The number of esters is 1. The maximum Gasteiger partial charge on any atom is 0.343 e. The second kappa shape index (κ2) is 8.90. The Morgan fingerprint density at radius 3 is 2.66 bits per heavy atom. The molecule has 180 valence electrons. The Morgan fingerprint density at radius 2 is 1.97 bits per heavy atom. The van der Waals surface area contributed by atoms with E-state index in [-0.39, 0.29) is 47.0 Å². The van der Waals surface area contributed by atoms with E-state index in [9.17, 15) is 14.0 Å². The van der Waals surface area contributed by atoms with Crippen LogP contribution in [0.1, 0.15) is 29.7 Å². The van der Waals surface area contributed by atoms with Crippen molar-refractivity contribution >= 4 is 22.6 Å². The standard InChI is InChI=1S/C24H20F3N5O3/c1-2-35-24(34)18-13-31(15-5-3-14(25)4-6-15)21-17(23(18)33)11-19(26)22(20(21)27)30-9-7-16(12-30)32-10-8-28-29-32/h3-6,8,10-11,13,16H,2,7,9,12H2,1H3. The largest absolute Gasteiger partial charge is 0.462 e. The van der Waals surface area contributed by atoms with Crippen molar-refractivity contribution in [2.45, 2.75) is 19.4 Å². The number of halogens is 3. The fraction of sp³-hybridized carbons (Fsp3) is 0.250. The van der Waals surface area contributed by atoms with E-state index in [2.05, 4.69) is 10.3 Å². The van der Waals surface area contributed by atoms with E-state index in [1.807, 2.05) is 0 Å². The summed E-state index contributed by atoms with van der Waals surface area (Å²) in [6.45, 7) is 2.22. The molecule has 1 atom stereocenters. The molecule has 1 saturated heterocycles. The van der Waals surface area contributed by atoms with Crippen LogP contribution in [0.2, 0.25) is 0 Å². The third-order valence-corrected chi connectivity index (χ3v) is 6.05. The van der Waals surface area contributed by atoms with Crippen molar-refractivity contribution in [2.75, 3.05) is 24.6 Å². The molecule has 1 fully saturated rings. The number of rotatable bonds is 5. The monoisotopic (exact) mass is 483 g/mol. The summed E-state index contributed by atoms with van der Waals surface area (Å²) in [5.74, 6) is -3.34. The SMILES string of the molecule is CCOC(=O)c1cn(-c2ccc(F)cc2)c2c(F)c(N3CCC(n4ccnn4)C3)c(F)cc2c1=O. The number of hydrogen-bond acceptors (Lipinski definition) is 6. The van der Waals surface area contributed by atoms with E-state index in [0.29, 0.717) is 13.0 Å². The number of ether oxygens (including phenoxy) is 1. The average molecular weight is 483 g/mol. The van der Waals surface area contributed by atoms with Crippen LogP contribution in [0.15, 0.2) is 53.7 Å². The first-order valence-electron chi connectivity index (χ1n) is 11.0. The quantitative estimate of drug-likeness (QED) is 0.404. The summed E-state index contributed by atoms with van der Waals surface area (Å²) >= 11 is 0. The molecule has 0 radical (unpaired) electrons. The van der Waals surface area contributed by atoms with Gasteiger partial charge in [0.25, 0.3) is 0 Å². The van der Waals surface area contributed by atoms with Gasteiger partial charge in [-0.25, -0.2) is 22.6 Å². The number of aromatic nitrogens is 4. The molecule has 0 saturated carbocycles. The van der Waals surface area contributed by atoms with Gasteiger partial charge in [0.2, 0.25) is 5.43 Å². The van der Waals surface area contributed by atoms with Crippen molar-refractivity contribution in [3.63, 3.8) is 0 Å². The minimum Gasteiger partial charge on any atom is -0.462 e. The van der Waals surface area contributed by atoms with Crippen LogP contribution < -0.4 is 10.3 Å². The van der Waals surface area contributed by atoms with E-state index < -0.39 is 28.8 Å². The molecule has 1 aliphatic rings. The fourth-order valence-corrected chi connectivity index (χ4v) is 4.43. The normalized spacial score (nSPS) is 15.7. The maximum absolute atomic E-state index is 16.1. The third kappa shape index (κ3) is 3.92. The number of hydrogen-bond donors (Lipinski definition) is 0. The van der Waals surface area contributed by atoms with Crippen LogP contribution in [0.5, 0.6) is 0 Å².